The molecule has 84 valence electrons. The molecular formula is C12H17F2N. The van der Waals surface area contributed by atoms with Crippen LogP contribution in [0.25, 0.3) is 0 Å². The molecule has 1 atom stereocenters. The van der Waals surface area contributed by atoms with Crippen molar-refractivity contribution < 1.29 is 8.78 Å². The van der Waals surface area contributed by atoms with Gasteiger partial charge in [0.05, 0.1) is 0 Å². The summed E-state index contributed by atoms with van der Waals surface area (Å²) in [5.41, 5.74) is 6.24. The number of hydrogen-bond acceptors (Lipinski definition) is 1. The van der Waals surface area contributed by atoms with Crippen molar-refractivity contribution in [2.75, 3.05) is 6.54 Å². The molecule has 0 amide bonds. The van der Waals surface area contributed by atoms with E-state index in [1.807, 2.05) is 13.8 Å². The third-order valence-corrected chi connectivity index (χ3v) is 2.90. The summed E-state index contributed by atoms with van der Waals surface area (Å²) in [6.07, 6.45) is 1.50. The second-order valence-electron chi connectivity index (χ2n) is 4.32. The van der Waals surface area contributed by atoms with Crippen molar-refractivity contribution in [1.82, 2.24) is 0 Å². The van der Waals surface area contributed by atoms with Crippen molar-refractivity contribution >= 4 is 0 Å². The van der Waals surface area contributed by atoms with Crippen LogP contribution >= 0.6 is 0 Å². The van der Waals surface area contributed by atoms with Crippen LogP contribution in [-0.2, 0) is 6.42 Å². The normalized spacial score (nSPS) is 15.0. The average molecular weight is 213 g/mol. The van der Waals surface area contributed by atoms with Crippen LogP contribution in [0, 0.1) is 17.0 Å². The lowest BCUT2D eigenvalue weighted by atomic mass is 9.81. The highest BCUT2D eigenvalue weighted by molar-refractivity contribution is 5.19. The summed E-state index contributed by atoms with van der Waals surface area (Å²) >= 11 is 0. The van der Waals surface area contributed by atoms with Gasteiger partial charge in [0.25, 0.3) is 0 Å². The van der Waals surface area contributed by atoms with E-state index in [9.17, 15) is 8.78 Å². The molecule has 0 saturated heterocycles. The molecule has 1 rings (SSSR count). The lowest BCUT2D eigenvalue weighted by Gasteiger charge is -2.26. The van der Waals surface area contributed by atoms with Gasteiger partial charge in [-0.2, -0.15) is 0 Å². The van der Waals surface area contributed by atoms with Crippen LogP contribution in [-0.4, -0.2) is 6.54 Å². The summed E-state index contributed by atoms with van der Waals surface area (Å²) in [5.74, 6) is -1.05. The third kappa shape index (κ3) is 3.27. The maximum Gasteiger partial charge on any atom is 0.126 e. The summed E-state index contributed by atoms with van der Waals surface area (Å²) < 4.78 is 25.9. The van der Waals surface area contributed by atoms with E-state index < -0.39 is 11.6 Å². The Balaban J connectivity index is 2.88. The van der Waals surface area contributed by atoms with Crippen molar-refractivity contribution in [3.63, 3.8) is 0 Å². The first kappa shape index (κ1) is 12.1. The van der Waals surface area contributed by atoms with Gasteiger partial charge in [0, 0.05) is 6.07 Å². The third-order valence-electron chi connectivity index (χ3n) is 2.90. The largest absolute Gasteiger partial charge is 0.330 e. The van der Waals surface area contributed by atoms with Gasteiger partial charge >= 0.3 is 0 Å². The lowest BCUT2D eigenvalue weighted by Crippen LogP contribution is -2.28. The number of hydrogen-bond donors (Lipinski definition) is 1. The molecule has 0 aliphatic rings. The predicted molar refractivity (Wildman–Crippen MR) is 57.5 cm³/mol. The molecule has 0 fully saturated rings. The Labute approximate surface area is 89.3 Å². The fraction of sp³-hybridized carbons (Fsp3) is 0.500. The standard InChI is InChI=1S/C12H17F2N/c1-3-12(2,8-15)7-9-4-10(13)6-11(14)5-9/h4-6H,3,7-8,15H2,1-2H3. The molecule has 1 nitrogen and oxygen atoms in total. The zero-order valence-electron chi connectivity index (χ0n) is 9.19. The first-order chi connectivity index (χ1) is 6.99. The Hall–Kier alpha value is -0.960. The zero-order chi connectivity index (χ0) is 11.5. The molecule has 15 heavy (non-hydrogen) atoms. The zero-order valence-corrected chi connectivity index (χ0v) is 9.19. The van der Waals surface area contributed by atoms with Gasteiger partial charge in [-0.15, -0.1) is 0 Å². The fourth-order valence-corrected chi connectivity index (χ4v) is 1.55. The Morgan fingerprint density at radius 3 is 2.13 bits per heavy atom. The van der Waals surface area contributed by atoms with E-state index in [1.165, 1.54) is 12.1 Å². The number of nitrogens with two attached hydrogens (primary N) is 1. The van der Waals surface area contributed by atoms with Crippen LogP contribution in [0.2, 0.25) is 0 Å². The van der Waals surface area contributed by atoms with Gasteiger partial charge in [0.2, 0.25) is 0 Å². The number of rotatable bonds is 4. The van der Waals surface area contributed by atoms with E-state index >= 15 is 0 Å². The quantitative estimate of drug-likeness (QED) is 0.817. The monoisotopic (exact) mass is 213 g/mol. The van der Waals surface area contributed by atoms with Crippen LogP contribution < -0.4 is 5.73 Å². The molecule has 0 aliphatic carbocycles. The second-order valence-corrected chi connectivity index (χ2v) is 4.32. The van der Waals surface area contributed by atoms with Gasteiger partial charge in [0.1, 0.15) is 11.6 Å². The smallest absolute Gasteiger partial charge is 0.126 e. The minimum absolute atomic E-state index is 0.0831. The molecule has 0 radical (unpaired) electrons. The molecule has 0 spiro atoms. The Morgan fingerprint density at radius 2 is 1.73 bits per heavy atom. The van der Waals surface area contributed by atoms with E-state index in [4.69, 9.17) is 5.73 Å². The Kier molecular flexibility index (Phi) is 3.80. The van der Waals surface area contributed by atoms with E-state index in [1.54, 1.807) is 0 Å². The van der Waals surface area contributed by atoms with Gasteiger partial charge in [-0.3, -0.25) is 0 Å². The highest BCUT2D eigenvalue weighted by Crippen LogP contribution is 2.25. The summed E-state index contributed by atoms with van der Waals surface area (Å²) in [7, 11) is 0. The Morgan fingerprint density at radius 1 is 1.20 bits per heavy atom. The molecule has 3 heteroatoms. The molecule has 1 unspecified atom stereocenters. The van der Waals surface area contributed by atoms with Crippen molar-refractivity contribution in [3.05, 3.63) is 35.4 Å². The van der Waals surface area contributed by atoms with E-state index in [-0.39, 0.29) is 5.41 Å². The molecular weight excluding hydrogens is 196 g/mol. The van der Waals surface area contributed by atoms with Crippen molar-refractivity contribution in [2.45, 2.75) is 26.7 Å². The van der Waals surface area contributed by atoms with Crippen LogP contribution in [0.4, 0.5) is 8.78 Å². The fourth-order valence-electron chi connectivity index (χ4n) is 1.55. The first-order valence-electron chi connectivity index (χ1n) is 5.14. The van der Waals surface area contributed by atoms with Gasteiger partial charge in [-0.05, 0) is 42.5 Å². The summed E-state index contributed by atoms with van der Waals surface area (Å²) in [6, 6.07) is 3.62. The average Bonchev–Trinajstić information content (AvgIpc) is 2.16. The first-order valence-corrected chi connectivity index (χ1v) is 5.14. The van der Waals surface area contributed by atoms with Crippen LogP contribution in [0.5, 0.6) is 0 Å². The molecule has 0 saturated carbocycles. The van der Waals surface area contributed by atoms with E-state index in [0.717, 1.165) is 12.5 Å². The van der Waals surface area contributed by atoms with Crippen molar-refractivity contribution in [2.24, 2.45) is 11.1 Å². The van der Waals surface area contributed by atoms with Crippen LogP contribution in [0.15, 0.2) is 18.2 Å². The molecule has 1 aromatic carbocycles. The highest BCUT2D eigenvalue weighted by Gasteiger charge is 2.21. The Bertz CT molecular complexity index is 312. The van der Waals surface area contributed by atoms with Crippen molar-refractivity contribution in [1.29, 1.82) is 0 Å². The summed E-state index contributed by atoms with van der Waals surface area (Å²) in [6.45, 7) is 4.57. The topological polar surface area (TPSA) is 26.0 Å². The summed E-state index contributed by atoms with van der Waals surface area (Å²) in [4.78, 5) is 0. The van der Waals surface area contributed by atoms with Gasteiger partial charge in [0.15, 0.2) is 0 Å². The highest BCUT2D eigenvalue weighted by atomic mass is 19.1. The van der Waals surface area contributed by atoms with Crippen molar-refractivity contribution in [3.8, 4) is 0 Å². The second kappa shape index (κ2) is 4.71. The molecule has 0 aliphatic heterocycles. The minimum atomic E-state index is -0.527. The number of halogens is 2. The van der Waals surface area contributed by atoms with Gasteiger partial charge < -0.3 is 5.73 Å². The summed E-state index contributed by atoms with van der Waals surface area (Å²) in [5, 5.41) is 0. The van der Waals surface area contributed by atoms with E-state index in [0.29, 0.717) is 18.5 Å². The lowest BCUT2D eigenvalue weighted by molar-refractivity contribution is 0.319. The molecule has 0 aromatic heterocycles. The van der Waals surface area contributed by atoms with Gasteiger partial charge in [-0.25, -0.2) is 8.78 Å². The molecule has 0 bridgehead atoms. The molecule has 2 N–H and O–H groups in total. The van der Waals surface area contributed by atoms with Crippen LogP contribution in [0.3, 0.4) is 0 Å². The molecule has 1 aromatic rings. The number of benzene rings is 1. The maximum absolute atomic E-state index is 12.9. The molecule has 0 heterocycles. The van der Waals surface area contributed by atoms with Gasteiger partial charge in [-0.1, -0.05) is 13.8 Å². The predicted octanol–water partition coefficient (Wildman–Crippen LogP) is 2.88. The minimum Gasteiger partial charge on any atom is -0.330 e. The van der Waals surface area contributed by atoms with Crippen LogP contribution in [0.1, 0.15) is 25.8 Å². The van der Waals surface area contributed by atoms with E-state index in [2.05, 4.69) is 0 Å². The maximum atomic E-state index is 12.9. The SMILES string of the molecule is CCC(C)(CN)Cc1cc(F)cc(F)c1.